The van der Waals surface area contributed by atoms with Crippen molar-refractivity contribution in [3.8, 4) is 0 Å². The Morgan fingerprint density at radius 1 is 1.25 bits per heavy atom. The molecule has 0 saturated carbocycles. The number of aromatic nitrogens is 3. The van der Waals surface area contributed by atoms with Gasteiger partial charge in [-0.25, -0.2) is 0 Å². The number of amides is 1. The lowest BCUT2D eigenvalue weighted by atomic mass is 10.1. The fourth-order valence-corrected chi connectivity index (χ4v) is 2.76. The molecular weight excluding hydrogens is 304 g/mol. The first kappa shape index (κ1) is 16.0. The minimum absolute atomic E-state index is 0.249. The van der Waals surface area contributed by atoms with Crippen LogP contribution in [0.1, 0.15) is 28.3 Å². The Bertz CT molecular complexity index is 940. The van der Waals surface area contributed by atoms with Crippen molar-refractivity contribution < 1.29 is 4.79 Å². The molecule has 0 spiro atoms. The summed E-state index contributed by atoms with van der Waals surface area (Å²) in [6.45, 7) is 5.24. The molecule has 2 heterocycles. The molecule has 2 N–H and O–H groups in total. The monoisotopic (exact) mass is 324 g/mol. The van der Waals surface area contributed by atoms with Crippen molar-refractivity contribution in [1.29, 1.82) is 0 Å². The molecule has 0 aliphatic rings. The lowest BCUT2D eigenvalue weighted by molar-refractivity contribution is 0.0947. The molecule has 0 unspecified atom stereocenters. The van der Waals surface area contributed by atoms with Gasteiger partial charge in [0.1, 0.15) is 5.69 Å². The van der Waals surface area contributed by atoms with Crippen LogP contribution in [0.25, 0.3) is 10.8 Å². The summed E-state index contributed by atoms with van der Waals surface area (Å²) in [5.74, 6) is -0.272. The zero-order valence-corrected chi connectivity index (χ0v) is 13.8. The van der Waals surface area contributed by atoms with Crippen LogP contribution in [-0.4, -0.2) is 27.2 Å². The first-order valence-electron chi connectivity index (χ1n) is 7.96. The summed E-state index contributed by atoms with van der Waals surface area (Å²) < 4.78 is 1.93. The average molecular weight is 324 g/mol. The number of pyridine rings is 1. The Balaban J connectivity index is 1.61. The Labute approximate surface area is 139 Å². The quantitative estimate of drug-likeness (QED) is 0.706. The van der Waals surface area contributed by atoms with Crippen molar-refractivity contribution in [3.05, 3.63) is 63.8 Å². The first-order valence-corrected chi connectivity index (χ1v) is 7.96. The maximum atomic E-state index is 12.2. The van der Waals surface area contributed by atoms with Gasteiger partial charge >= 0.3 is 0 Å². The van der Waals surface area contributed by atoms with Gasteiger partial charge in [0.2, 0.25) is 0 Å². The molecule has 0 bridgehead atoms. The van der Waals surface area contributed by atoms with Crippen LogP contribution < -0.4 is 10.9 Å². The third-order valence-electron chi connectivity index (χ3n) is 3.93. The largest absolute Gasteiger partial charge is 0.351 e. The molecule has 24 heavy (non-hydrogen) atoms. The predicted octanol–water partition coefficient (Wildman–Crippen LogP) is 2.16. The van der Waals surface area contributed by atoms with Crippen LogP contribution in [0.2, 0.25) is 0 Å². The number of hydrogen-bond acceptors (Lipinski definition) is 3. The number of aromatic amines is 1. The zero-order valence-electron chi connectivity index (χ0n) is 13.8. The van der Waals surface area contributed by atoms with E-state index in [1.807, 2.05) is 36.7 Å². The normalized spacial score (nSPS) is 10.9. The summed E-state index contributed by atoms with van der Waals surface area (Å²) >= 11 is 0. The van der Waals surface area contributed by atoms with Gasteiger partial charge in [-0.15, -0.1) is 0 Å². The second-order valence-electron chi connectivity index (χ2n) is 5.86. The molecule has 6 heteroatoms. The van der Waals surface area contributed by atoms with E-state index in [1.54, 1.807) is 18.2 Å². The number of fused-ring (bicyclic) bond motifs is 1. The van der Waals surface area contributed by atoms with Crippen molar-refractivity contribution >= 4 is 16.7 Å². The summed E-state index contributed by atoms with van der Waals surface area (Å²) in [6.07, 6.45) is 0.769. The van der Waals surface area contributed by atoms with Gasteiger partial charge in [-0.2, -0.15) is 5.10 Å². The molecule has 0 aliphatic heterocycles. The van der Waals surface area contributed by atoms with Gasteiger partial charge in [0, 0.05) is 24.2 Å². The van der Waals surface area contributed by atoms with Crippen molar-refractivity contribution in [1.82, 2.24) is 20.1 Å². The van der Waals surface area contributed by atoms with Crippen LogP contribution >= 0.6 is 0 Å². The second-order valence-corrected chi connectivity index (χ2v) is 5.86. The highest BCUT2D eigenvalue weighted by Gasteiger charge is 2.09. The number of carbonyl (C=O) groups excluding carboxylic acids is 1. The highest BCUT2D eigenvalue weighted by Crippen LogP contribution is 2.09. The van der Waals surface area contributed by atoms with Crippen LogP contribution in [-0.2, 0) is 6.54 Å². The lowest BCUT2D eigenvalue weighted by Crippen LogP contribution is -2.28. The minimum atomic E-state index is -0.272. The molecule has 1 amide bonds. The van der Waals surface area contributed by atoms with E-state index in [0.717, 1.165) is 29.7 Å². The number of benzene rings is 1. The van der Waals surface area contributed by atoms with Crippen LogP contribution in [0.5, 0.6) is 0 Å². The maximum absolute atomic E-state index is 12.2. The number of H-pyrrole nitrogens is 1. The Kier molecular flexibility index (Phi) is 4.46. The molecule has 0 radical (unpaired) electrons. The second kappa shape index (κ2) is 6.70. The highest BCUT2D eigenvalue weighted by molar-refractivity contribution is 5.96. The first-order chi connectivity index (χ1) is 11.5. The van der Waals surface area contributed by atoms with Crippen molar-refractivity contribution in [2.75, 3.05) is 6.54 Å². The number of nitrogens with zero attached hydrogens (tertiary/aromatic N) is 2. The summed E-state index contributed by atoms with van der Waals surface area (Å²) in [5.41, 5.74) is 2.13. The SMILES string of the molecule is Cc1cc(C)n(CCCNC(=O)c2cc3ccccc3c(=O)[nH]2)n1. The van der Waals surface area contributed by atoms with Crippen LogP contribution in [0.4, 0.5) is 0 Å². The maximum Gasteiger partial charge on any atom is 0.267 e. The fourth-order valence-electron chi connectivity index (χ4n) is 2.76. The smallest absolute Gasteiger partial charge is 0.267 e. The van der Waals surface area contributed by atoms with E-state index in [1.165, 1.54) is 0 Å². The molecular formula is C18H20N4O2. The number of hydrogen-bond donors (Lipinski definition) is 2. The topological polar surface area (TPSA) is 79.8 Å². The minimum Gasteiger partial charge on any atom is -0.351 e. The van der Waals surface area contributed by atoms with E-state index in [2.05, 4.69) is 15.4 Å². The molecule has 0 aliphatic carbocycles. The molecule has 0 atom stereocenters. The Morgan fingerprint density at radius 3 is 2.79 bits per heavy atom. The van der Waals surface area contributed by atoms with Crippen LogP contribution in [0, 0.1) is 13.8 Å². The number of aryl methyl sites for hydroxylation is 3. The number of rotatable bonds is 5. The summed E-state index contributed by atoms with van der Waals surface area (Å²) in [6, 6.07) is 10.9. The molecule has 0 saturated heterocycles. The van der Waals surface area contributed by atoms with E-state index in [0.29, 0.717) is 11.9 Å². The van der Waals surface area contributed by atoms with Gasteiger partial charge in [-0.05, 0) is 43.9 Å². The molecule has 1 aromatic carbocycles. The summed E-state index contributed by atoms with van der Waals surface area (Å²) in [4.78, 5) is 26.9. The average Bonchev–Trinajstić information content (AvgIpc) is 2.89. The van der Waals surface area contributed by atoms with Crippen molar-refractivity contribution in [2.45, 2.75) is 26.8 Å². The van der Waals surface area contributed by atoms with Gasteiger partial charge in [0.25, 0.3) is 11.5 Å². The van der Waals surface area contributed by atoms with E-state index in [9.17, 15) is 9.59 Å². The summed E-state index contributed by atoms with van der Waals surface area (Å²) in [5, 5.41) is 8.56. The standard InChI is InChI=1S/C18H20N4O2/c1-12-10-13(2)22(21-12)9-5-8-19-18(24)16-11-14-6-3-4-7-15(14)17(23)20-16/h3-4,6-7,10-11H,5,8-9H2,1-2H3,(H,19,24)(H,20,23). The third-order valence-corrected chi connectivity index (χ3v) is 3.93. The van der Waals surface area contributed by atoms with E-state index < -0.39 is 0 Å². The molecule has 2 aromatic heterocycles. The molecule has 3 aromatic rings. The van der Waals surface area contributed by atoms with Crippen molar-refractivity contribution in [2.24, 2.45) is 0 Å². The number of carbonyl (C=O) groups is 1. The van der Waals surface area contributed by atoms with Gasteiger partial charge in [-0.3, -0.25) is 14.3 Å². The van der Waals surface area contributed by atoms with E-state index in [-0.39, 0.29) is 17.2 Å². The van der Waals surface area contributed by atoms with Gasteiger partial charge in [-0.1, -0.05) is 18.2 Å². The van der Waals surface area contributed by atoms with E-state index in [4.69, 9.17) is 0 Å². The predicted molar refractivity (Wildman–Crippen MR) is 93.2 cm³/mol. The van der Waals surface area contributed by atoms with Crippen LogP contribution in [0.15, 0.2) is 41.2 Å². The van der Waals surface area contributed by atoms with Gasteiger partial charge in [0.05, 0.1) is 5.69 Å². The van der Waals surface area contributed by atoms with Crippen molar-refractivity contribution in [3.63, 3.8) is 0 Å². The fraction of sp³-hybridized carbons (Fsp3) is 0.278. The van der Waals surface area contributed by atoms with Crippen LogP contribution in [0.3, 0.4) is 0 Å². The lowest BCUT2D eigenvalue weighted by Gasteiger charge is -2.07. The highest BCUT2D eigenvalue weighted by atomic mass is 16.2. The summed E-state index contributed by atoms with van der Waals surface area (Å²) in [7, 11) is 0. The third kappa shape index (κ3) is 3.37. The number of nitrogens with one attached hydrogen (secondary N) is 2. The van der Waals surface area contributed by atoms with Gasteiger partial charge < -0.3 is 10.3 Å². The molecule has 124 valence electrons. The Hall–Kier alpha value is -2.89. The van der Waals surface area contributed by atoms with Gasteiger partial charge in [0.15, 0.2) is 0 Å². The molecule has 6 nitrogen and oxygen atoms in total. The molecule has 0 fully saturated rings. The van der Waals surface area contributed by atoms with E-state index >= 15 is 0 Å². The zero-order chi connectivity index (χ0) is 17.1. The molecule has 3 rings (SSSR count). The Morgan fingerprint density at radius 2 is 2.04 bits per heavy atom.